The second-order valence-corrected chi connectivity index (χ2v) is 9.84. The number of carbonyl (C=O) groups is 2. The molecule has 0 radical (unpaired) electrons. The number of hydrogen-bond acceptors (Lipinski definition) is 5. The molecule has 8 nitrogen and oxygen atoms in total. The van der Waals surface area contributed by atoms with E-state index in [0.29, 0.717) is 17.2 Å². The number of aromatic nitrogens is 1. The molecule has 14 heteroatoms. The molecule has 1 aromatic heterocycles. The lowest BCUT2D eigenvalue weighted by Crippen LogP contribution is -2.81. The minimum atomic E-state index is -4.88. The molecule has 2 aromatic carbocycles. The van der Waals surface area contributed by atoms with Crippen molar-refractivity contribution in [1.29, 1.82) is 5.41 Å². The Morgan fingerprint density at radius 2 is 1.77 bits per heavy atom. The molecule has 0 aliphatic heterocycles. The van der Waals surface area contributed by atoms with Gasteiger partial charge in [0, 0.05) is 29.9 Å². The minimum Gasteiger partial charge on any atom is -0.366 e. The second-order valence-electron chi connectivity index (χ2n) is 9.84. The molecule has 0 unspecified atom stereocenters. The molecule has 1 heterocycles. The molecule has 0 aliphatic carbocycles. The molecule has 1 atom stereocenters. The van der Waals surface area contributed by atoms with E-state index in [0.717, 1.165) is 24.4 Å². The first kappa shape index (κ1) is 32.9. The van der Waals surface area contributed by atoms with E-state index in [2.05, 4.69) is 10.3 Å². The molecule has 0 saturated heterocycles. The maximum atomic E-state index is 14.2. The second kappa shape index (κ2) is 14.1. The van der Waals surface area contributed by atoms with E-state index >= 15 is 0 Å². The molecule has 3 rings (SSSR count). The zero-order valence-corrected chi connectivity index (χ0v) is 23.1. The number of nitrogens with one attached hydrogen (secondary N) is 2. The van der Waals surface area contributed by atoms with Gasteiger partial charge in [0.15, 0.2) is 6.54 Å². The highest BCUT2D eigenvalue weighted by molar-refractivity contribution is 6.02. The predicted octanol–water partition coefficient (Wildman–Crippen LogP) is 3.26. The van der Waals surface area contributed by atoms with Crippen LogP contribution in [0.2, 0.25) is 0 Å². The molecule has 0 bridgehead atoms. The fourth-order valence-electron chi connectivity index (χ4n) is 4.30. The highest BCUT2D eigenvalue weighted by atomic mass is 19.4. The van der Waals surface area contributed by atoms with Crippen molar-refractivity contribution in [2.24, 2.45) is 5.73 Å². The number of halogens is 6. The Labute approximate surface area is 243 Å². The quantitative estimate of drug-likeness (QED) is 0.186. The van der Waals surface area contributed by atoms with Gasteiger partial charge in [-0.2, -0.15) is 13.2 Å². The summed E-state index contributed by atoms with van der Waals surface area (Å²) in [5.41, 5.74) is 4.02. The maximum absolute atomic E-state index is 14.2. The SMILES string of the molecule is CN(C)C/C(=C/[NH2+]CC(=O)N[C@@H](Cc1cc(F)cc(F)c1)c1ncccc1-c1ccc(F)c(C(N)=O)c1)C(=N)C(F)(F)F. The molecule has 43 heavy (non-hydrogen) atoms. The van der Waals surface area contributed by atoms with Crippen LogP contribution in [0.5, 0.6) is 0 Å². The first-order chi connectivity index (χ1) is 20.1. The Balaban J connectivity index is 1.96. The van der Waals surface area contributed by atoms with Gasteiger partial charge >= 0.3 is 6.18 Å². The van der Waals surface area contributed by atoms with Crippen LogP contribution < -0.4 is 16.4 Å². The third-order valence-corrected chi connectivity index (χ3v) is 6.12. The van der Waals surface area contributed by atoms with Crippen molar-refractivity contribution in [2.75, 3.05) is 27.2 Å². The van der Waals surface area contributed by atoms with E-state index in [1.807, 2.05) is 0 Å². The monoisotopic (exact) mass is 607 g/mol. The van der Waals surface area contributed by atoms with Gasteiger partial charge in [-0.1, -0.05) is 12.1 Å². The van der Waals surface area contributed by atoms with Crippen molar-refractivity contribution in [3.63, 3.8) is 0 Å². The number of rotatable bonds is 12. The van der Waals surface area contributed by atoms with Crippen LogP contribution in [0.4, 0.5) is 26.3 Å². The van der Waals surface area contributed by atoms with Crippen LogP contribution in [0.15, 0.2) is 66.5 Å². The van der Waals surface area contributed by atoms with Crippen LogP contribution in [0.3, 0.4) is 0 Å². The van der Waals surface area contributed by atoms with Gasteiger partial charge in [0.2, 0.25) is 0 Å². The van der Waals surface area contributed by atoms with Gasteiger partial charge in [0.05, 0.1) is 23.5 Å². The first-order valence-electron chi connectivity index (χ1n) is 12.8. The summed E-state index contributed by atoms with van der Waals surface area (Å²) in [5.74, 6) is -4.25. The van der Waals surface area contributed by atoms with Crippen molar-refractivity contribution < 1.29 is 41.2 Å². The largest absolute Gasteiger partial charge is 0.433 e. The lowest BCUT2D eigenvalue weighted by atomic mass is 9.94. The fourth-order valence-corrected chi connectivity index (χ4v) is 4.30. The van der Waals surface area contributed by atoms with E-state index in [1.54, 1.807) is 12.1 Å². The summed E-state index contributed by atoms with van der Waals surface area (Å²) in [5, 5.41) is 11.3. The van der Waals surface area contributed by atoms with Gasteiger partial charge < -0.3 is 21.3 Å². The van der Waals surface area contributed by atoms with Crippen molar-refractivity contribution in [3.8, 4) is 11.1 Å². The number of benzene rings is 2. The fraction of sp³-hybridized carbons (Fsp3) is 0.241. The highest BCUT2D eigenvalue weighted by Gasteiger charge is 2.37. The third kappa shape index (κ3) is 9.21. The van der Waals surface area contributed by atoms with Crippen molar-refractivity contribution in [1.82, 2.24) is 15.2 Å². The van der Waals surface area contributed by atoms with Gasteiger partial charge in [-0.25, -0.2) is 13.2 Å². The predicted molar refractivity (Wildman–Crippen MR) is 146 cm³/mol. The van der Waals surface area contributed by atoms with Crippen LogP contribution >= 0.6 is 0 Å². The molecule has 0 spiro atoms. The van der Waals surface area contributed by atoms with Crippen molar-refractivity contribution in [3.05, 3.63) is 101 Å². The number of pyridine rings is 1. The smallest absolute Gasteiger partial charge is 0.366 e. The number of nitrogens with zero attached hydrogens (tertiary/aromatic N) is 2. The Morgan fingerprint density at radius 3 is 2.37 bits per heavy atom. The topological polar surface area (TPSA) is 129 Å². The standard InChI is InChI=1S/C29H28F6N6O2/c1-41(2)15-18(27(36)29(33,34)35)13-38-14-25(42)40-24(10-16-8-19(30)12-20(31)9-16)26-21(4-3-7-39-26)17-5-6-23(32)22(11-17)28(37)43/h3-9,11-13,24,36,38H,10,14-15H2,1-2H3,(H2,37,43)(H,40,42)/p+1/b18-13-,36-27?/t24-/m0/s1. The molecule has 2 amide bonds. The molecule has 0 fully saturated rings. The summed E-state index contributed by atoms with van der Waals surface area (Å²) < 4.78 is 81.6. The third-order valence-electron chi connectivity index (χ3n) is 6.12. The average molecular weight is 608 g/mol. The molecule has 3 aromatic rings. The van der Waals surface area contributed by atoms with Crippen molar-refractivity contribution >= 4 is 17.5 Å². The minimum absolute atomic E-state index is 0.158. The molecule has 6 N–H and O–H groups in total. The number of amides is 2. The van der Waals surface area contributed by atoms with E-state index in [4.69, 9.17) is 11.1 Å². The van der Waals surface area contributed by atoms with Gasteiger partial charge in [-0.05, 0) is 62.0 Å². The maximum Gasteiger partial charge on any atom is 0.433 e. The Bertz CT molecular complexity index is 1520. The summed E-state index contributed by atoms with van der Waals surface area (Å²) in [4.78, 5) is 30.5. The molecule has 0 aliphatic rings. The summed E-state index contributed by atoms with van der Waals surface area (Å²) in [6.07, 6.45) is -2.60. The van der Waals surface area contributed by atoms with E-state index in [9.17, 15) is 35.9 Å². The summed E-state index contributed by atoms with van der Waals surface area (Å²) in [7, 11) is 3.06. The Morgan fingerprint density at radius 1 is 1.09 bits per heavy atom. The molecule has 0 saturated carbocycles. The molecular weight excluding hydrogens is 578 g/mol. The summed E-state index contributed by atoms with van der Waals surface area (Å²) >= 11 is 0. The van der Waals surface area contributed by atoms with Crippen LogP contribution in [0.1, 0.15) is 27.7 Å². The van der Waals surface area contributed by atoms with E-state index in [-0.39, 0.29) is 35.4 Å². The van der Waals surface area contributed by atoms with E-state index < -0.39 is 53.7 Å². The number of alkyl halides is 3. The Kier molecular flexibility index (Phi) is 10.8. The zero-order valence-electron chi connectivity index (χ0n) is 23.1. The van der Waals surface area contributed by atoms with Gasteiger partial charge in [0.25, 0.3) is 11.8 Å². The first-order valence-corrected chi connectivity index (χ1v) is 12.8. The number of quaternary nitrogens is 1. The molecule has 228 valence electrons. The van der Waals surface area contributed by atoms with Crippen LogP contribution in [0.25, 0.3) is 11.1 Å². The van der Waals surface area contributed by atoms with Gasteiger partial charge in [-0.3, -0.25) is 20.0 Å². The number of nitrogens with two attached hydrogens (primary N) is 2. The number of primary amides is 1. The summed E-state index contributed by atoms with van der Waals surface area (Å²) in [6.45, 7) is -0.604. The van der Waals surface area contributed by atoms with Crippen LogP contribution in [-0.4, -0.2) is 60.8 Å². The van der Waals surface area contributed by atoms with Gasteiger partial charge in [0.1, 0.15) is 23.2 Å². The van der Waals surface area contributed by atoms with Gasteiger partial charge in [-0.15, -0.1) is 0 Å². The Hall–Kier alpha value is -4.56. The van der Waals surface area contributed by atoms with E-state index in [1.165, 1.54) is 42.6 Å². The van der Waals surface area contributed by atoms with Crippen molar-refractivity contribution in [2.45, 2.75) is 18.6 Å². The highest BCUT2D eigenvalue weighted by Crippen LogP contribution is 2.30. The number of likely N-dealkylation sites (N-methyl/N-ethyl adjacent to an activating group) is 1. The number of carbonyl (C=O) groups excluding carboxylic acids is 2. The lowest BCUT2D eigenvalue weighted by Gasteiger charge is -2.21. The average Bonchev–Trinajstić information content (AvgIpc) is 2.90. The molecular formula is C29H29F6N6O2+. The lowest BCUT2D eigenvalue weighted by molar-refractivity contribution is -0.576. The number of hydrogen-bond donors (Lipinski definition) is 4. The zero-order chi connectivity index (χ0) is 31.9. The normalized spacial score (nSPS) is 12.7. The summed E-state index contributed by atoms with van der Waals surface area (Å²) in [6, 6.07) is 8.52. The van der Waals surface area contributed by atoms with Crippen LogP contribution in [0, 0.1) is 22.9 Å². The van der Waals surface area contributed by atoms with Crippen LogP contribution in [-0.2, 0) is 11.2 Å².